The van der Waals surface area contributed by atoms with Gasteiger partial charge in [0.15, 0.2) is 11.0 Å². The second-order valence-electron chi connectivity index (χ2n) is 7.19. The molecule has 0 fully saturated rings. The third-order valence-electron chi connectivity index (χ3n) is 4.94. The van der Waals surface area contributed by atoms with Gasteiger partial charge in [-0.05, 0) is 56.2 Å². The highest BCUT2D eigenvalue weighted by Crippen LogP contribution is 2.26. The van der Waals surface area contributed by atoms with Crippen LogP contribution >= 0.6 is 27.7 Å². The summed E-state index contributed by atoms with van der Waals surface area (Å²) in [5.74, 6) is 0.534. The van der Waals surface area contributed by atoms with Crippen LogP contribution in [0.5, 0.6) is 0 Å². The molecule has 0 radical (unpaired) electrons. The second kappa shape index (κ2) is 10.1. The Kier molecular flexibility index (Phi) is 7.50. The number of thioether (sulfide) groups is 1. The number of amides is 2. The summed E-state index contributed by atoms with van der Waals surface area (Å²) < 4.78 is 2.79. The van der Waals surface area contributed by atoms with Gasteiger partial charge in [-0.15, -0.1) is 10.2 Å². The van der Waals surface area contributed by atoms with Crippen molar-refractivity contribution in [3.05, 3.63) is 68.9 Å². The Morgan fingerprint density at radius 3 is 2.61 bits per heavy atom. The molecule has 2 N–H and O–H groups in total. The van der Waals surface area contributed by atoms with Gasteiger partial charge in [0.25, 0.3) is 5.91 Å². The van der Waals surface area contributed by atoms with Crippen LogP contribution < -0.4 is 10.6 Å². The number of benzene rings is 2. The van der Waals surface area contributed by atoms with E-state index in [4.69, 9.17) is 0 Å². The molecule has 7 nitrogen and oxygen atoms in total. The number of hydrogen-bond donors (Lipinski definition) is 2. The van der Waals surface area contributed by atoms with E-state index in [-0.39, 0.29) is 24.1 Å². The number of nitrogens with one attached hydrogen (secondary N) is 2. The van der Waals surface area contributed by atoms with Crippen LogP contribution in [-0.4, -0.2) is 32.3 Å². The zero-order valence-corrected chi connectivity index (χ0v) is 20.2. The van der Waals surface area contributed by atoms with E-state index >= 15 is 0 Å². The first-order valence-corrected chi connectivity index (χ1v) is 11.5. The summed E-state index contributed by atoms with van der Waals surface area (Å²) in [4.78, 5) is 24.7. The van der Waals surface area contributed by atoms with Crippen LogP contribution in [0.15, 0.2) is 46.0 Å². The monoisotopic (exact) mass is 501 g/mol. The van der Waals surface area contributed by atoms with Crippen molar-refractivity contribution in [2.24, 2.45) is 7.05 Å². The average molecular weight is 502 g/mol. The van der Waals surface area contributed by atoms with Gasteiger partial charge in [-0.2, -0.15) is 0 Å². The van der Waals surface area contributed by atoms with Gasteiger partial charge >= 0.3 is 0 Å². The van der Waals surface area contributed by atoms with Crippen molar-refractivity contribution in [1.29, 1.82) is 0 Å². The molecule has 3 rings (SSSR count). The molecule has 3 aromatic rings. The summed E-state index contributed by atoms with van der Waals surface area (Å²) in [6.07, 6.45) is 0. The van der Waals surface area contributed by atoms with Crippen molar-refractivity contribution in [2.45, 2.75) is 32.5 Å². The fourth-order valence-electron chi connectivity index (χ4n) is 2.91. The third-order valence-corrected chi connectivity index (χ3v) is 6.82. The Bertz CT molecular complexity index is 1130. The molecule has 0 spiro atoms. The maximum atomic E-state index is 12.4. The van der Waals surface area contributed by atoms with Crippen LogP contribution in [0.2, 0.25) is 0 Å². The SMILES string of the molecule is Cc1cccc(C(=O)NCc2nnc(SCC(=O)Nc3ccc(Br)c(C)c3C)n2C)c1. The van der Waals surface area contributed by atoms with E-state index in [1.807, 2.05) is 58.2 Å². The first-order chi connectivity index (χ1) is 14.8. The summed E-state index contributed by atoms with van der Waals surface area (Å²) in [6, 6.07) is 11.2. The molecule has 0 aliphatic carbocycles. The van der Waals surface area contributed by atoms with Crippen LogP contribution in [-0.2, 0) is 18.4 Å². The van der Waals surface area contributed by atoms with Gasteiger partial charge in [-0.1, -0.05) is 45.4 Å². The molecule has 162 valence electrons. The molecule has 0 saturated heterocycles. The molecule has 2 aromatic carbocycles. The third kappa shape index (κ3) is 5.74. The highest BCUT2D eigenvalue weighted by Gasteiger charge is 2.14. The standard InChI is InChI=1S/C22H24BrN5O2S/c1-13-6-5-7-16(10-13)21(30)24-11-19-26-27-22(28(19)4)31-12-20(29)25-18-9-8-17(23)14(2)15(18)3/h5-10H,11-12H2,1-4H3,(H,24,30)(H,25,29). The van der Waals surface area contributed by atoms with Crippen molar-refractivity contribution in [2.75, 3.05) is 11.1 Å². The fourth-order valence-corrected chi connectivity index (χ4v) is 4.07. The van der Waals surface area contributed by atoms with Crippen LogP contribution in [0, 0.1) is 20.8 Å². The maximum absolute atomic E-state index is 12.4. The summed E-state index contributed by atoms with van der Waals surface area (Å²) >= 11 is 4.79. The van der Waals surface area contributed by atoms with Gasteiger partial charge in [-0.25, -0.2) is 0 Å². The number of aromatic nitrogens is 3. The normalized spacial score (nSPS) is 10.7. The minimum atomic E-state index is -0.166. The number of carbonyl (C=O) groups is 2. The molecule has 9 heteroatoms. The van der Waals surface area contributed by atoms with Crippen molar-refractivity contribution < 1.29 is 9.59 Å². The lowest BCUT2D eigenvalue weighted by Crippen LogP contribution is -2.24. The highest BCUT2D eigenvalue weighted by molar-refractivity contribution is 9.10. The predicted molar refractivity (Wildman–Crippen MR) is 126 cm³/mol. The molecule has 0 saturated carbocycles. The minimum Gasteiger partial charge on any atom is -0.345 e. The van der Waals surface area contributed by atoms with Gasteiger partial charge < -0.3 is 15.2 Å². The van der Waals surface area contributed by atoms with Crippen LogP contribution in [0.3, 0.4) is 0 Å². The first-order valence-electron chi connectivity index (χ1n) is 9.67. The van der Waals surface area contributed by atoms with E-state index in [2.05, 4.69) is 36.8 Å². The molecule has 2 amide bonds. The van der Waals surface area contributed by atoms with Gasteiger partial charge in [0.1, 0.15) is 0 Å². The van der Waals surface area contributed by atoms with E-state index in [0.717, 1.165) is 26.9 Å². The molecule has 1 heterocycles. The number of halogens is 1. The van der Waals surface area contributed by atoms with E-state index in [1.54, 1.807) is 10.6 Å². The van der Waals surface area contributed by atoms with Gasteiger partial charge in [0.2, 0.25) is 5.91 Å². The van der Waals surface area contributed by atoms with Gasteiger partial charge in [0.05, 0.1) is 12.3 Å². The number of carbonyl (C=O) groups excluding carboxylic acids is 2. The Balaban J connectivity index is 1.55. The summed E-state index contributed by atoms with van der Waals surface area (Å²) in [5, 5.41) is 14.7. The Morgan fingerprint density at radius 1 is 1.10 bits per heavy atom. The molecule has 0 unspecified atom stereocenters. The largest absolute Gasteiger partial charge is 0.345 e. The average Bonchev–Trinajstić information content (AvgIpc) is 3.10. The molecule has 0 bridgehead atoms. The van der Waals surface area contributed by atoms with Gasteiger partial charge in [-0.3, -0.25) is 9.59 Å². The van der Waals surface area contributed by atoms with E-state index in [1.165, 1.54) is 11.8 Å². The molecule has 0 aliphatic heterocycles. The Morgan fingerprint density at radius 2 is 1.87 bits per heavy atom. The smallest absolute Gasteiger partial charge is 0.251 e. The number of nitrogens with zero attached hydrogens (tertiary/aromatic N) is 3. The lowest BCUT2D eigenvalue weighted by atomic mass is 10.1. The van der Waals surface area contributed by atoms with E-state index < -0.39 is 0 Å². The lowest BCUT2D eigenvalue weighted by Gasteiger charge is -2.11. The van der Waals surface area contributed by atoms with E-state index in [0.29, 0.717) is 16.5 Å². The molecular weight excluding hydrogens is 478 g/mol. The lowest BCUT2D eigenvalue weighted by molar-refractivity contribution is -0.113. The summed E-state index contributed by atoms with van der Waals surface area (Å²) in [5.41, 5.74) is 4.54. The highest BCUT2D eigenvalue weighted by atomic mass is 79.9. The Labute approximate surface area is 194 Å². The summed E-state index contributed by atoms with van der Waals surface area (Å²) in [6.45, 7) is 6.17. The molecular formula is C22H24BrN5O2S. The zero-order valence-electron chi connectivity index (χ0n) is 17.8. The molecule has 31 heavy (non-hydrogen) atoms. The number of hydrogen-bond acceptors (Lipinski definition) is 5. The first kappa shape index (κ1) is 23.0. The number of rotatable bonds is 7. The Hall–Kier alpha value is -2.65. The zero-order chi connectivity index (χ0) is 22.5. The minimum absolute atomic E-state index is 0.118. The van der Waals surface area contributed by atoms with Gasteiger partial charge in [0, 0.05) is 22.8 Å². The van der Waals surface area contributed by atoms with Crippen molar-refractivity contribution >= 4 is 45.2 Å². The molecule has 0 atom stereocenters. The quantitative estimate of drug-likeness (QED) is 0.474. The number of anilines is 1. The molecule has 0 aliphatic rings. The van der Waals surface area contributed by atoms with Crippen molar-refractivity contribution in [3.8, 4) is 0 Å². The predicted octanol–water partition coefficient (Wildman–Crippen LogP) is 4.16. The van der Waals surface area contributed by atoms with Crippen LogP contribution in [0.25, 0.3) is 0 Å². The second-order valence-corrected chi connectivity index (χ2v) is 8.99. The number of aryl methyl sites for hydroxylation is 1. The van der Waals surface area contributed by atoms with Crippen LogP contribution in [0.4, 0.5) is 5.69 Å². The molecule has 1 aromatic heterocycles. The van der Waals surface area contributed by atoms with Crippen molar-refractivity contribution in [3.63, 3.8) is 0 Å². The van der Waals surface area contributed by atoms with E-state index in [9.17, 15) is 9.59 Å². The maximum Gasteiger partial charge on any atom is 0.251 e. The van der Waals surface area contributed by atoms with Crippen LogP contribution in [0.1, 0.15) is 32.9 Å². The fraction of sp³-hybridized carbons (Fsp3) is 0.273. The summed E-state index contributed by atoms with van der Waals surface area (Å²) in [7, 11) is 1.82. The topological polar surface area (TPSA) is 88.9 Å². The van der Waals surface area contributed by atoms with Crippen molar-refractivity contribution in [1.82, 2.24) is 20.1 Å².